The van der Waals surface area contributed by atoms with Crippen LogP contribution in [0.15, 0.2) is 46.9 Å². The van der Waals surface area contributed by atoms with Gasteiger partial charge in [0.1, 0.15) is 0 Å². The first-order chi connectivity index (χ1) is 10.0. The molecule has 5 heteroatoms. The fourth-order valence-electron chi connectivity index (χ4n) is 2.23. The first kappa shape index (κ1) is 17.4. The molecule has 0 nitrogen and oxygen atoms in total. The van der Waals surface area contributed by atoms with Gasteiger partial charge in [-0.3, -0.25) is 0 Å². The molecule has 0 aliphatic carbocycles. The molecule has 0 atom stereocenters. The lowest BCUT2D eigenvalue weighted by atomic mass is 9.79. The monoisotopic (exact) mass is 424 g/mol. The van der Waals surface area contributed by atoms with E-state index in [1.807, 2.05) is 30.3 Å². The van der Waals surface area contributed by atoms with Crippen molar-refractivity contribution >= 4 is 62.3 Å². The molecule has 0 heterocycles. The SMILES string of the molecule is ClCC(CCl)(Cc1cc(Cl)ccc1Cl)c1ccc(Br)cc1. The second-order valence-electron chi connectivity index (χ2n) is 4.97. The second-order valence-corrected chi connectivity index (χ2v) is 7.26. The standard InChI is InChI=1S/C16H13BrCl4/c17-13-3-1-12(2-4-13)16(9-18,10-19)8-11-7-14(20)5-6-15(11)21/h1-7H,8-10H2. The molecule has 0 bridgehead atoms. The minimum atomic E-state index is -0.377. The quantitative estimate of drug-likeness (QED) is 0.466. The zero-order valence-corrected chi connectivity index (χ0v) is 15.7. The molecule has 0 amide bonds. The number of alkyl halides is 2. The molecule has 21 heavy (non-hydrogen) atoms. The van der Waals surface area contributed by atoms with Crippen molar-refractivity contribution in [1.82, 2.24) is 0 Å². The van der Waals surface area contributed by atoms with E-state index in [9.17, 15) is 0 Å². The fraction of sp³-hybridized carbons (Fsp3) is 0.250. The smallest absolute Gasteiger partial charge is 0.0439 e. The Kier molecular flexibility index (Phi) is 6.28. The van der Waals surface area contributed by atoms with Crippen molar-refractivity contribution in [3.05, 3.63) is 68.1 Å². The maximum absolute atomic E-state index is 6.28. The highest BCUT2D eigenvalue weighted by Crippen LogP contribution is 2.35. The van der Waals surface area contributed by atoms with Crippen LogP contribution in [0.25, 0.3) is 0 Å². The van der Waals surface area contributed by atoms with Gasteiger partial charge < -0.3 is 0 Å². The summed E-state index contributed by atoms with van der Waals surface area (Å²) in [5, 5.41) is 1.33. The second kappa shape index (κ2) is 7.57. The van der Waals surface area contributed by atoms with Gasteiger partial charge in [0.05, 0.1) is 0 Å². The van der Waals surface area contributed by atoms with Crippen LogP contribution in [-0.4, -0.2) is 11.8 Å². The zero-order chi connectivity index (χ0) is 15.5. The van der Waals surface area contributed by atoms with Crippen LogP contribution in [0.1, 0.15) is 11.1 Å². The molecule has 0 fully saturated rings. The van der Waals surface area contributed by atoms with Crippen LogP contribution < -0.4 is 0 Å². The molecule has 0 aromatic heterocycles. The van der Waals surface area contributed by atoms with Gasteiger partial charge in [-0.25, -0.2) is 0 Å². The molecule has 0 radical (unpaired) electrons. The average Bonchev–Trinajstić information content (AvgIpc) is 2.49. The van der Waals surface area contributed by atoms with Crippen LogP contribution in [0.2, 0.25) is 10.0 Å². The Bertz CT molecular complexity index is 606. The largest absolute Gasteiger partial charge is 0.126 e. The molecule has 2 aromatic rings. The summed E-state index contributed by atoms with van der Waals surface area (Å²) in [6.45, 7) is 0. The third kappa shape index (κ3) is 4.09. The third-order valence-electron chi connectivity index (χ3n) is 3.50. The summed E-state index contributed by atoms with van der Waals surface area (Å²) in [5.41, 5.74) is 1.66. The predicted molar refractivity (Wildman–Crippen MR) is 97.4 cm³/mol. The van der Waals surface area contributed by atoms with Crippen LogP contribution in [0.5, 0.6) is 0 Å². The lowest BCUT2D eigenvalue weighted by Gasteiger charge is -2.31. The van der Waals surface area contributed by atoms with E-state index in [4.69, 9.17) is 46.4 Å². The Hall–Kier alpha value is 0.0800. The zero-order valence-electron chi connectivity index (χ0n) is 11.1. The number of halogens is 5. The van der Waals surface area contributed by atoms with E-state index < -0.39 is 0 Å². The van der Waals surface area contributed by atoms with E-state index >= 15 is 0 Å². The van der Waals surface area contributed by atoms with Crippen LogP contribution >= 0.6 is 62.3 Å². The van der Waals surface area contributed by atoms with Gasteiger partial charge in [0.25, 0.3) is 0 Å². The van der Waals surface area contributed by atoms with Crippen molar-refractivity contribution < 1.29 is 0 Å². The molecular formula is C16H13BrCl4. The fourth-order valence-corrected chi connectivity index (χ4v) is 3.66. The van der Waals surface area contributed by atoms with Gasteiger partial charge >= 0.3 is 0 Å². The summed E-state index contributed by atoms with van der Waals surface area (Å²) in [4.78, 5) is 0. The highest BCUT2D eigenvalue weighted by molar-refractivity contribution is 9.10. The van der Waals surface area contributed by atoms with Crippen molar-refractivity contribution in [3.8, 4) is 0 Å². The van der Waals surface area contributed by atoms with E-state index in [-0.39, 0.29) is 5.41 Å². The number of hydrogen-bond donors (Lipinski definition) is 0. The maximum atomic E-state index is 6.28. The van der Waals surface area contributed by atoms with Gasteiger partial charge in [-0.2, -0.15) is 0 Å². The molecule has 0 aliphatic rings. The summed E-state index contributed by atoms with van der Waals surface area (Å²) in [6.07, 6.45) is 0.640. The summed E-state index contributed by atoms with van der Waals surface area (Å²) in [5.74, 6) is 0.807. The molecule has 2 aromatic carbocycles. The highest BCUT2D eigenvalue weighted by Gasteiger charge is 2.31. The Morgan fingerprint density at radius 1 is 0.905 bits per heavy atom. The van der Waals surface area contributed by atoms with Crippen LogP contribution in [0.3, 0.4) is 0 Å². The summed E-state index contributed by atoms with van der Waals surface area (Å²) in [7, 11) is 0. The van der Waals surface area contributed by atoms with Gasteiger partial charge in [0.15, 0.2) is 0 Å². The van der Waals surface area contributed by atoms with E-state index in [0.29, 0.717) is 28.2 Å². The molecule has 0 N–H and O–H groups in total. The molecule has 0 aliphatic heterocycles. The van der Waals surface area contributed by atoms with Gasteiger partial charge in [0.2, 0.25) is 0 Å². The first-order valence-corrected chi connectivity index (χ1v) is 8.94. The van der Waals surface area contributed by atoms with Crippen molar-refractivity contribution in [2.75, 3.05) is 11.8 Å². The van der Waals surface area contributed by atoms with Gasteiger partial charge in [-0.1, -0.05) is 51.3 Å². The van der Waals surface area contributed by atoms with Crippen molar-refractivity contribution in [2.24, 2.45) is 0 Å². The molecular weight excluding hydrogens is 414 g/mol. The first-order valence-electron chi connectivity index (χ1n) is 6.33. The number of hydrogen-bond acceptors (Lipinski definition) is 0. The Labute approximate surface area is 153 Å². The normalized spacial score (nSPS) is 11.7. The van der Waals surface area contributed by atoms with Gasteiger partial charge in [-0.15, -0.1) is 23.2 Å². The van der Waals surface area contributed by atoms with Gasteiger partial charge in [0, 0.05) is 31.7 Å². The van der Waals surface area contributed by atoms with Crippen LogP contribution in [0, 0.1) is 0 Å². The summed E-state index contributed by atoms with van der Waals surface area (Å²) in [6, 6.07) is 13.5. The van der Waals surface area contributed by atoms with E-state index in [1.54, 1.807) is 12.1 Å². The number of rotatable bonds is 5. The van der Waals surface area contributed by atoms with E-state index in [1.165, 1.54) is 0 Å². The average molecular weight is 427 g/mol. The summed E-state index contributed by atoms with van der Waals surface area (Å²) >= 11 is 28.3. The van der Waals surface area contributed by atoms with Crippen molar-refractivity contribution in [1.29, 1.82) is 0 Å². The van der Waals surface area contributed by atoms with Crippen LogP contribution in [0.4, 0.5) is 0 Å². The van der Waals surface area contributed by atoms with Crippen LogP contribution in [-0.2, 0) is 11.8 Å². The summed E-state index contributed by atoms with van der Waals surface area (Å²) < 4.78 is 1.02. The molecule has 0 spiro atoms. The highest BCUT2D eigenvalue weighted by atomic mass is 79.9. The minimum absolute atomic E-state index is 0.377. The lowest BCUT2D eigenvalue weighted by Crippen LogP contribution is -2.33. The van der Waals surface area contributed by atoms with Crippen molar-refractivity contribution in [2.45, 2.75) is 11.8 Å². The Morgan fingerprint density at radius 3 is 2.10 bits per heavy atom. The molecule has 0 unspecified atom stereocenters. The Balaban J connectivity index is 2.42. The topological polar surface area (TPSA) is 0 Å². The number of benzene rings is 2. The lowest BCUT2D eigenvalue weighted by molar-refractivity contribution is 0.536. The van der Waals surface area contributed by atoms with Crippen molar-refractivity contribution in [3.63, 3.8) is 0 Å². The van der Waals surface area contributed by atoms with E-state index in [2.05, 4.69) is 15.9 Å². The molecule has 112 valence electrons. The van der Waals surface area contributed by atoms with E-state index in [0.717, 1.165) is 15.6 Å². The predicted octanol–water partition coefficient (Wildman–Crippen LogP) is 6.71. The molecule has 0 saturated heterocycles. The maximum Gasteiger partial charge on any atom is 0.0439 e. The Morgan fingerprint density at radius 2 is 1.52 bits per heavy atom. The third-order valence-corrected chi connectivity index (χ3v) is 5.66. The minimum Gasteiger partial charge on any atom is -0.126 e. The molecule has 0 saturated carbocycles. The molecule has 2 rings (SSSR count). The van der Waals surface area contributed by atoms with Gasteiger partial charge in [-0.05, 0) is 47.9 Å².